The maximum atomic E-state index is 13.7. The Morgan fingerprint density at radius 2 is 1.68 bits per heavy atom. The number of H-pyrrole nitrogens is 1. The van der Waals surface area contributed by atoms with E-state index in [1.54, 1.807) is 24.4 Å². The van der Waals surface area contributed by atoms with Crippen LogP contribution in [0, 0.1) is 0 Å². The van der Waals surface area contributed by atoms with Crippen LogP contribution in [-0.2, 0) is 16.0 Å². The van der Waals surface area contributed by atoms with Crippen LogP contribution >= 0.6 is 0 Å². The molecule has 0 bridgehead atoms. The standard InChI is InChI=1S/C31H26N4O5/c1-40-23(36)15-17-33-31(39)28-29(37)25-21(18-19-10-4-2-5-11-19)24(20-12-6-3-7-13-20)30(38)35-27(25)26(34-28)22-14-8-9-16-32-22/h2-14,16,37H,15,17-18H2,1H3,(H,33,39)(H,35,38). The van der Waals surface area contributed by atoms with Gasteiger partial charge in [0, 0.05) is 18.1 Å². The van der Waals surface area contributed by atoms with Crippen LogP contribution in [0.3, 0.4) is 0 Å². The number of aromatic nitrogens is 3. The number of rotatable bonds is 8. The molecular formula is C31H26N4O5. The number of amides is 1. The number of aromatic amines is 1. The molecule has 3 aromatic heterocycles. The van der Waals surface area contributed by atoms with Gasteiger partial charge in [-0.25, -0.2) is 4.98 Å². The molecule has 0 saturated heterocycles. The minimum absolute atomic E-state index is 0.0126. The van der Waals surface area contributed by atoms with Gasteiger partial charge in [-0.2, -0.15) is 0 Å². The van der Waals surface area contributed by atoms with E-state index in [2.05, 4.69) is 25.0 Å². The van der Waals surface area contributed by atoms with Crippen molar-refractivity contribution in [1.29, 1.82) is 0 Å². The van der Waals surface area contributed by atoms with E-state index in [0.717, 1.165) is 5.56 Å². The lowest BCUT2D eigenvalue weighted by atomic mass is 9.91. The molecule has 2 aromatic carbocycles. The van der Waals surface area contributed by atoms with Gasteiger partial charge >= 0.3 is 5.97 Å². The first-order valence-electron chi connectivity index (χ1n) is 12.7. The van der Waals surface area contributed by atoms with Crippen molar-refractivity contribution in [3.8, 4) is 28.3 Å². The zero-order valence-electron chi connectivity index (χ0n) is 21.7. The van der Waals surface area contributed by atoms with Crippen molar-refractivity contribution >= 4 is 22.8 Å². The Bertz CT molecular complexity index is 1740. The Morgan fingerprint density at radius 1 is 0.975 bits per heavy atom. The molecule has 40 heavy (non-hydrogen) atoms. The molecule has 0 spiro atoms. The molecule has 200 valence electrons. The first-order chi connectivity index (χ1) is 19.5. The van der Waals surface area contributed by atoms with Crippen molar-refractivity contribution in [3.05, 3.63) is 112 Å². The number of carbonyl (C=O) groups excluding carboxylic acids is 2. The summed E-state index contributed by atoms with van der Waals surface area (Å²) in [5, 5.41) is 14.5. The van der Waals surface area contributed by atoms with Gasteiger partial charge in [-0.15, -0.1) is 0 Å². The number of carbonyl (C=O) groups is 2. The number of benzene rings is 2. The van der Waals surface area contributed by atoms with Gasteiger partial charge in [0.25, 0.3) is 11.5 Å². The lowest BCUT2D eigenvalue weighted by Crippen LogP contribution is -2.27. The largest absolute Gasteiger partial charge is 0.505 e. The molecule has 3 N–H and O–H groups in total. The predicted octanol–water partition coefficient (Wildman–Crippen LogP) is 4.24. The number of esters is 1. The number of fused-ring (bicyclic) bond motifs is 1. The number of nitrogens with one attached hydrogen (secondary N) is 2. The van der Waals surface area contributed by atoms with Gasteiger partial charge < -0.3 is 20.1 Å². The topological polar surface area (TPSA) is 134 Å². The summed E-state index contributed by atoms with van der Waals surface area (Å²) in [5.74, 6) is -1.55. The molecule has 9 nitrogen and oxygen atoms in total. The second-order valence-electron chi connectivity index (χ2n) is 9.04. The summed E-state index contributed by atoms with van der Waals surface area (Å²) in [4.78, 5) is 50.3. The lowest BCUT2D eigenvalue weighted by Gasteiger charge is -2.18. The van der Waals surface area contributed by atoms with Crippen molar-refractivity contribution in [2.75, 3.05) is 13.7 Å². The third-order valence-corrected chi connectivity index (χ3v) is 6.49. The van der Waals surface area contributed by atoms with Crippen LogP contribution in [0.25, 0.3) is 33.4 Å². The summed E-state index contributed by atoms with van der Waals surface area (Å²) >= 11 is 0. The highest BCUT2D eigenvalue weighted by atomic mass is 16.5. The first-order valence-corrected chi connectivity index (χ1v) is 12.7. The summed E-state index contributed by atoms with van der Waals surface area (Å²) < 4.78 is 4.64. The van der Waals surface area contributed by atoms with Crippen molar-refractivity contribution in [1.82, 2.24) is 20.3 Å². The first kappa shape index (κ1) is 26.3. The van der Waals surface area contributed by atoms with Crippen LogP contribution in [0.2, 0.25) is 0 Å². The summed E-state index contributed by atoms with van der Waals surface area (Å²) in [6.45, 7) is -0.0126. The zero-order chi connectivity index (χ0) is 28.1. The third-order valence-electron chi connectivity index (χ3n) is 6.49. The van der Waals surface area contributed by atoms with Crippen molar-refractivity contribution < 1.29 is 19.4 Å². The number of aromatic hydroxyl groups is 1. The molecule has 0 aliphatic carbocycles. The molecule has 1 amide bonds. The summed E-state index contributed by atoms with van der Waals surface area (Å²) in [7, 11) is 1.26. The number of methoxy groups -OCH3 is 1. The smallest absolute Gasteiger partial charge is 0.307 e. The predicted molar refractivity (Wildman–Crippen MR) is 151 cm³/mol. The average molecular weight is 535 g/mol. The lowest BCUT2D eigenvalue weighted by molar-refractivity contribution is -0.140. The van der Waals surface area contributed by atoms with Crippen LogP contribution in [0.5, 0.6) is 5.75 Å². The van der Waals surface area contributed by atoms with E-state index in [1.165, 1.54) is 7.11 Å². The normalized spacial score (nSPS) is 10.8. The van der Waals surface area contributed by atoms with E-state index in [9.17, 15) is 19.5 Å². The molecule has 0 radical (unpaired) electrons. The van der Waals surface area contributed by atoms with E-state index in [0.29, 0.717) is 28.8 Å². The minimum Gasteiger partial charge on any atom is -0.505 e. The van der Waals surface area contributed by atoms with Gasteiger partial charge in [0.1, 0.15) is 5.69 Å². The highest BCUT2D eigenvalue weighted by Gasteiger charge is 2.26. The minimum atomic E-state index is -0.682. The Morgan fingerprint density at radius 3 is 2.35 bits per heavy atom. The molecule has 9 heteroatoms. The van der Waals surface area contributed by atoms with Crippen LogP contribution in [-0.4, -0.2) is 45.6 Å². The number of pyridine rings is 3. The van der Waals surface area contributed by atoms with Crippen LogP contribution in [0.15, 0.2) is 89.9 Å². The van der Waals surface area contributed by atoms with Crippen LogP contribution < -0.4 is 10.9 Å². The fourth-order valence-corrected chi connectivity index (χ4v) is 4.63. The second-order valence-corrected chi connectivity index (χ2v) is 9.04. The monoisotopic (exact) mass is 534 g/mol. The van der Waals surface area contributed by atoms with Gasteiger partial charge in [-0.3, -0.25) is 19.4 Å². The van der Waals surface area contributed by atoms with Crippen LogP contribution in [0.1, 0.15) is 28.0 Å². The Labute approximate surface area is 229 Å². The van der Waals surface area contributed by atoms with Crippen molar-refractivity contribution in [2.24, 2.45) is 0 Å². The molecule has 0 fully saturated rings. The van der Waals surface area contributed by atoms with Gasteiger partial charge in [0.15, 0.2) is 11.4 Å². The molecule has 0 unspecified atom stereocenters. The number of hydrogen-bond donors (Lipinski definition) is 3. The fourth-order valence-electron chi connectivity index (χ4n) is 4.63. The molecule has 5 rings (SSSR count). The fraction of sp³-hybridized carbons (Fsp3) is 0.129. The molecular weight excluding hydrogens is 508 g/mol. The maximum absolute atomic E-state index is 13.7. The van der Waals surface area contributed by atoms with Crippen LogP contribution in [0.4, 0.5) is 0 Å². The van der Waals surface area contributed by atoms with E-state index in [1.807, 2.05) is 60.7 Å². The van der Waals surface area contributed by atoms with Crippen molar-refractivity contribution in [2.45, 2.75) is 12.8 Å². The Kier molecular flexibility index (Phi) is 7.63. The molecule has 0 saturated carbocycles. The molecule has 0 aliphatic rings. The van der Waals surface area contributed by atoms with Gasteiger partial charge in [0.2, 0.25) is 0 Å². The molecule has 0 aliphatic heterocycles. The Hall–Kier alpha value is -5.31. The van der Waals surface area contributed by atoms with E-state index in [4.69, 9.17) is 0 Å². The Balaban J connectivity index is 1.81. The highest BCUT2D eigenvalue weighted by molar-refractivity contribution is 6.07. The quantitative estimate of drug-likeness (QED) is 0.254. The van der Waals surface area contributed by atoms with E-state index >= 15 is 0 Å². The molecule has 3 heterocycles. The van der Waals surface area contributed by atoms with Crippen molar-refractivity contribution in [3.63, 3.8) is 0 Å². The highest BCUT2D eigenvalue weighted by Crippen LogP contribution is 2.38. The van der Waals surface area contributed by atoms with Gasteiger partial charge in [-0.1, -0.05) is 66.7 Å². The zero-order valence-corrected chi connectivity index (χ0v) is 21.7. The number of nitrogens with zero attached hydrogens (tertiary/aromatic N) is 2. The molecule has 0 atom stereocenters. The number of hydrogen-bond acceptors (Lipinski definition) is 7. The SMILES string of the molecule is COC(=O)CCNC(=O)c1nc(-c2ccccn2)c2[nH]c(=O)c(-c3ccccc3)c(Cc3ccccc3)c2c1O. The van der Waals surface area contributed by atoms with Gasteiger partial charge in [-0.05, 0) is 35.2 Å². The van der Waals surface area contributed by atoms with E-state index in [-0.39, 0.29) is 46.6 Å². The van der Waals surface area contributed by atoms with E-state index < -0.39 is 11.9 Å². The summed E-state index contributed by atoms with van der Waals surface area (Å²) in [6, 6.07) is 23.9. The summed E-state index contributed by atoms with van der Waals surface area (Å²) in [5.41, 5.74) is 2.78. The number of ether oxygens (including phenoxy) is 1. The summed E-state index contributed by atoms with van der Waals surface area (Å²) in [6.07, 6.45) is 1.83. The molecule has 5 aromatic rings. The average Bonchev–Trinajstić information content (AvgIpc) is 2.98. The van der Waals surface area contributed by atoms with Gasteiger partial charge in [0.05, 0.1) is 30.3 Å². The second kappa shape index (κ2) is 11.6. The maximum Gasteiger partial charge on any atom is 0.307 e. The third kappa shape index (κ3) is 5.30.